The van der Waals surface area contributed by atoms with Crippen molar-refractivity contribution in [1.29, 1.82) is 0 Å². The number of hydrogen-bond acceptors (Lipinski definition) is 4. The monoisotopic (exact) mass is 275 g/mol. The first-order chi connectivity index (χ1) is 8.29. The quantitative estimate of drug-likeness (QED) is 0.823. The van der Waals surface area contributed by atoms with Gasteiger partial charge < -0.3 is 15.2 Å². The largest absolute Gasteiger partial charge is 0.481 e. The lowest BCUT2D eigenvalue weighted by molar-refractivity contribution is -0.143. The van der Waals surface area contributed by atoms with Crippen LogP contribution in [0.5, 0.6) is 0 Å². The zero-order chi connectivity index (χ0) is 13.8. The number of aliphatic carboxylic acids is 1. The molecule has 104 valence electrons. The van der Waals surface area contributed by atoms with Gasteiger partial charge in [0.05, 0.1) is 5.92 Å². The number of rotatable bonds is 3. The molecule has 1 rings (SSSR count). The molecular formula is C12H21NO4S. The number of carboxylic acid groups (broad SMARTS) is 1. The summed E-state index contributed by atoms with van der Waals surface area (Å²) in [6.07, 6.45) is 0.183. The minimum atomic E-state index is -0.772. The molecule has 0 saturated carbocycles. The molecule has 1 aliphatic heterocycles. The van der Waals surface area contributed by atoms with E-state index in [9.17, 15) is 9.59 Å². The lowest BCUT2D eigenvalue weighted by Crippen LogP contribution is -2.40. The summed E-state index contributed by atoms with van der Waals surface area (Å²) < 4.78 is 5.12. The van der Waals surface area contributed by atoms with Crippen LogP contribution in [-0.2, 0) is 9.53 Å². The van der Waals surface area contributed by atoms with Crippen LogP contribution in [0.4, 0.5) is 4.79 Å². The van der Waals surface area contributed by atoms with E-state index in [0.717, 1.165) is 11.5 Å². The van der Waals surface area contributed by atoms with Crippen molar-refractivity contribution in [3.63, 3.8) is 0 Å². The van der Waals surface area contributed by atoms with E-state index in [4.69, 9.17) is 9.84 Å². The van der Waals surface area contributed by atoms with Gasteiger partial charge in [0.1, 0.15) is 5.60 Å². The summed E-state index contributed by atoms with van der Waals surface area (Å²) in [5, 5.41) is 11.8. The molecule has 0 aromatic heterocycles. The van der Waals surface area contributed by atoms with Crippen LogP contribution in [0.1, 0.15) is 27.2 Å². The van der Waals surface area contributed by atoms with E-state index in [2.05, 4.69) is 5.32 Å². The van der Waals surface area contributed by atoms with Crippen molar-refractivity contribution >= 4 is 23.8 Å². The average Bonchev–Trinajstić information content (AvgIpc) is 2.24. The van der Waals surface area contributed by atoms with Gasteiger partial charge in [-0.1, -0.05) is 0 Å². The third kappa shape index (κ3) is 5.16. The van der Waals surface area contributed by atoms with Gasteiger partial charge in [-0.15, -0.1) is 0 Å². The molecule has 0 aromatic rings. The zero-order valence-corrected chi connectivity index (χ0v) is 11.9. The Morgan fingerprint density at radius 2 is 2.11 bits per heavy atom. The second-order valence-electron chi connectivity index (χ2n) is 5.45. The highest BCUT2D eigenvalue weighted by Gasteiger charge is 2.31. The standard InChI is InChI=1S/C12H21NO4S/c1-12(2,3)17-11(16)13-6-8-7-18-5-4-9(8)10(14)15/h8-9H,4-7H2,1-3H3,(H,13,16)(H,14,15)/t8-,9+/m1/s1. The lowest BCUT2D eigenvalue weighted by atomic mass is 9.91. The van der Waals surface area contributed by atoms with E-state index in [1.54, 1.807) is 32.5 Å². The Hall–Kier alpha value is -0.910. The number of ether oxygens (including phenoxy) is 1. The predicted octanol–water partition coefficient (Wildman–Crippen LogP) is 1.97. The minimum Gasteiger partial charge on any atom is -0.481 e. The Balaban J connectivity index is 2.41. The molecule has 18 heavy (non-hydrogen) atoms. The maximum Gasteiger partial charge on any atom is 0.407 e. The van der Waals surface area contributed by atoms with Gasteiger partial charge in [0.25, 0.3) is 0 Å². The Bertz CT molecular complexity index is 314. The van der Waals surface area contributed by atoms with E-state index in [1.807, 2.05) is 0 Å². The first-order valence-electron chi connectivity index (χ1n) is 6.07. The van der Waals surface area contributed by atoms with Gasteiger partial charge in [-0.3, -0.25) is 4.79 Å². The highest BCUT2D eigenvalue weighted by Crippen LogP contribution is 2.28. The van der Waals surface area contributed by atoms with Gasteiger partial charge in [0.15, 0.2) is 0 Å². The SMILES string of the molecule is CC(C)(C)OC(=O)NC[C@@H]1CSCC[C@@H]1C(=O)O. The minimum absolute atomic E-state index is 0.0197. The van der Waals surface area contributed by atoms with Crippen LogP contribution >= 0.6 is 11.8 Å². The number of carbonyl (C=O) groups excluding carboxylic acids is 1. The maximum absolute atomic E-state index is 11.5. The van der Waals surface area contributed by atoms with Crippen molar-refractivity contribution in [3.8, 4) is 0 Å². The molecule has 6 heteroatoms. The fourth-order valence-electron chi connectivity index (χ4n) is 1.85. The molecule has 0 aromatic carbocycles. The smallest absolute Gasteiger partial charge is 0.407 e. The number of amides is 1. The van der Waals surface area contributed by atoms with E-state index in [-0.39, 0.29) is 11.8 Å². The summed E-state index contributed by atoms with van der Waals surface area (Å²) in [6.45, 7) is 5.74. The predicted molar refractivity (Wildman–Crippen MR) is 70.8 cm³/mol. The molecule has 0 unspecified atom stereocenters. The normalized spacial score (nSPS) is 24.4. The van der Waals surface area contributed by atoms with Crippen molar-refractivity contribution < 1.29 is 19.4 Å². The summed E-state index contributed by atoms with van der Waals surface area (Å²) in [6, 6.07) is 0. The second-order valence-corrected chi connectivity index (χ2v) is 6.60. The van der Waals surface area contributed by atoms with Crippen LogP contribution in [0.3, 0.4) is 0 Å². The first kappa shape index (κ1) is 15.1. The van der Waals surface area contributed by atoms with Gasteiger partial charge in [0.2, 0.25) is 0 Å². The van der Waals surface area contributed by atoms with Crippen molar-refractivity contribution in [3.05, 3.63) is 0 Å². The first-order valence-corrected chi connectivity index (χ1v) is 7.22. The van der Waals surface area contributed by atoms with Crippen LogP contribution in [0.25, 0.3) is 0 Å². The maximum atomic E-state index is 11.5. The molecule has 0 spiro atoms. The van der Waals surface area contributed by atoms with Crippen LogP contribution in [-0.4, -0.2) is 40.8 Å². The number of carboxylic acids is 1. The Labute approximate surface area is 112 Å². The fraction of sp³-hybridized carbons (Fsp3) is 0.833. The van der Waals surface area contributed by atoms with E-state index < -0.39 is 17.7 Å². The molecule has 0 radical (unpaired) electrons. The van der Waals surface area contributed by atoms with Gasteiger partial charge in [-0.2, -0.15) is 11.8 Å². The number of nitrogens with one attached hydrogen (secondary N) is 1. The summed E-state index contributed by atoms with van der Waals surface area (Å²) >= 11 is 1.73. The highest BCUT2D eigenvalue weighted by atomic mass is 32.2. The summed E-state index contributed by atoms with van der Waals surface area (Å²) in [4.78, 5) is 22.6. The molecule has 1 aliphatic rings. The Kier molecular flexibility index (Phi) is 5.31. The van der Waals surface area contributed by atoms with Crippen molar-refractivity contribution in [2.75, 3.05) is 18.1 Å². The van der Waals surface area contributed by atoms with Gasteiger partial charge in [0, 0.05) is 6.54 Å². The fourth-order valence-corrected chi connectivity index (χ4v) is 3.09. The van der Waals surface area contributed by atoms with E-state index in [0.29, 0.717) is 13.0 Å². The van der Waals surface area contributed by atoms with E-state index in [1.165, 1.54) is 0 Å². The van der Waals surface area contributed by atoms with Crippen molar-refractivity contribution in [2.45, 2.75) is 32.8 Å². The molecule has 0 aliphatic carbocycles. The summed E-state index contributed by atoms with van der Waals surface area (Å²) in [5.41, 5.74) is -0.530. The summed E-state index contributed by atoms with van der Waals surface area (Å²) in [5.74, 6) is 0.494. The third-order valence-electron chi connectivity index (χ3n) is 2.70. The number of alkyl carbamates (subject to hydrolysis) is 1. The number of carbonyl (C=O) groups is 2. The number of hydrogen-bond donors (Lipinski definition) is 2. The molecule has 1 fully saturated rings. The number of thioether (sulfide) groups is 1. The average molecular weight is 275 g/mol. The van der Waals surface area contributed by atoms with Crippen molar-refractivity contribution in [1.82, 2.24) is 5.32 Å². The lowest BCUT2D eigenvalue weighted by Gasteiger charge is -2.28. The second kappa shape index (κ2) is 6.31. The molecule has 0 bridgehead atoms. The van der Waals surface area contributed by atoms with Crippen LogP contribution in [0, 0.1) is 11.8 Å². The van der Waals surface area contributed by atoms with Crippen LogP contribution in [0.2, 0.25) is 0 Å². The Morgan fingerprint density at radius 3 is 2.67 bits per heavy atom. The molecule has 1 saturated heterocycles. The topological polar surface area (TPSA) is 75.6 Å². The van der Waals surface area contributed by atoms with Gasteiger partial charge in [-0.05, 0) is 44.6 Å². The molecule has 1 amide bonds. The van der Waals surface area contributed by atoms with Gasteiger partial charge in [-0.25, -0.2) is 4.79 Å². The molecular weight excluding hydrogens is 254 g/mol. The third-order valence-corrected chi connectivity index (χ3v) is 3.89. The van der Waals surface area contributed by atoms with Crippen LogP contribution in [0.15, 0.2) is 0 Å². The molecule has 1 heterocycles. The molecule has 5 nitrogen and oxygen atoms in total. The van der Waals surface area contributed by atoms with Gasteiger partial charge >= 0.3 is 12.1 Å². The highest BCUT2D eigenvalue weighted by molar-refractivity contribution is 7.99. The molecule has 2 atom stereocenters. The van der Waals surface area contributed by atoms with E-state index >= 15 is 0 Å². The van der Waals surface area contributed by atoms with Crippen molar-refractivity contribution in [2.24, 2.45) is 11.8 Å². The van der Waals surface area contributed by atoms with Crippen LogP contribution < -0.4 is 5.32 Å². The molecule has 2 N–H and O–H groups in total. The Morgan fingerprint density at radius 1 is 1.44 bits per heavy atom. The summed E-state index contributed by atoms with van der Waals surface area (Å²) in [7, 11) is 0. The zero-order valence-electron chi connectivity index (χ0n) is 11.1.